The molecule has 0 radical (unpaired) electrons. The number of amides is 3. The Morgan fingerprint density at radius 3 is 2.39 bits per heavy atom. The normalized spacial score (nSPS) is 15.9. The highest BCUT2D eigenvalue weighted by atomic mass is 16.5. The largest absolute Gasteiger partial charge is 0.456 e. The lowest BCUT2D eigenvalue weighted by Crippen LogP contribution is -2.41. The molecule has 154 valence electrons. The van der Waals surface area contributed by atoms with E-state index in [0.29, 0.717) is 11.5 Å². The standard InChI is InChI=1S/C20H29N3O5/c1-12(2)7-8-22-13(3)9-15(14(22)4)16(24)11-28-17(25)10-23-18(26)20(5,6)21-19(23)27/h9,12H,7-8,10-11H2,1-6H3,(H,21,27). The molecule has 0 aromatic carbocycles. The highest BCUT2D eigenvalue weighted by molar-refractivity contribution is 6.08. The molecular weight excluding hydrogens is 362 g/mol. The van der Waals surface area contributed by atoms with Gasteiger partial charge in [0.2, 0.25) is 5.78 Å². The Morgan fingerprint density at radius 2 is 1.86 bits per heavy atom. The van der Waals surface area contributed by atoms with Crippen LogP contribution >= 0.6 is 0 Å². The summed E-state index contributed by atoms with van der Waals surface area (Å²) in [5, 5.41) is 2.49. The molecule has 8 nitrogen and oxygen atoms in total. The van der Waals surface area contributed by atoms with Crippen molar-refractivity contribution in [3.63, 3.8) is 0 Å². The number of aromatic nitrogens is 1. The first-order valence-corrected chi connectivity index (χ1v) is 9.43. The summed E-state index contributed by atoms with van der Waals surface area (Å²) in [7, 11) is 0. The second kappa shape index (κ2) is 8.16. The SMILES string of the molecule is Cc1cc(C(=O)COC(=O)CN2C(=O)NC(C)(C)C2=O)c(C)n1CCC(C)C. The van der Waals surface area contributed by atoms with Crippen LogP contribution in [-0.2, 0) is 20.9 Å². The van der Waals surface area contributed by atoms with Gasteiger partial charge in [-0.15, -0.1) is 0 Å². The summed E-state index contributed by atoms with van der Waals surface area (Å²) in [6, 6.07) is 1.15. The van der Waals surface area contributed by atoms with E-state index in [2.05, 4.69) is 23.7 Å². The number of carbonyl (C=O) groups is 4. The molecule has 0 saturated carbocycles. The number of urea groups is 1. The number of ketones is 1. The number of esters is 1. The van der Waals surface area contributed by atoms with Crippen LogP contribution in [0.3, 0.4) is 0 Å². The zero-order chi connectivity index (χ0) is 21.2. The zero-order valence-electron chi connectivity index (χ0n) is 17.4. The molecule has 0 bridgehead atoms. The minimum atomic E-state index is -1.05. The van der Waals surface area contributed by atoms with Crippen LogP contribution in [0, 0.1) is 19.8 Å². The van der Waals surface area contributed by atoms with E-state index in [1.165, 1.54) is 0 Å². The third kappa shape index (κ3) is 4.61. The Bertz CT molecular complexity index is 807. The lowest BCUT2D eigenvalue weighted by atomic mass is 10.1. The molecule has 1 aromatic heterocycles. The molecule has 1 aromatic rings. The number of ether oxygens (including phenoxy) is 1. The molecule has 1 aliphatic rings. The molecule has 1 saturated heterocycles. The number of imide groups is 1. The summed E-state index contributed by atoms with van der Waals surface area (Å²) in [4.78, 5) is 49.2. The first-order chi connectivity index (χ1) is 12.9. The van der Waals surface area contributed by atoms with Gasteiger partial charge in [0.15, 0.2) is 6.61 Å². The van der Waals surface area contributed by atoms with E-state index < -0.39 is 36.6 Å². The first kappa shape index (κ1) is 21.7. The van der Waals surface area contributed by atoms with Gasteiger partial charge in [-0.1, -0.05) is 13.8 Å². The molecule has 0 atom stereocenters. The van der Waals surface area contributed by atoms with Crippen molar-refractivity contribution in [2.45, 2.75) is 60.0 Å². The Morgan fingerprint density at radius 1 is 1.21 bits per heavy atom. The number of nitrogens with one attached hydrogen (secondary N) is 1. The van der Waals surface area contributed by atoms with Crippen LogP contribution in [0.4, 0.5) is 4.79 Å². The maximum absolute atomic E-state index is 12.5. The zero-order valence-corrected chi connectivity index (χ0v) is 17.4. The van der Waals surface area contributed by atoms with Crippen LogP contribution < -0.4 is 5.32 Å². The van der Waals surface area contributed by atoms with Gasteiger partial charge in [0.1, 0.15) is 12.1 Å². The second-order valence-corrected chi connectivity index (χ2v) is 8.15. The van der Waals surface area contributed by atoms with E-state index in [4.69, 9.17) is 4.74 Å². The molecule has 8 heteroatoms. The average molecular weight is 391 g/mol. The Balaban J connectivity index is 1.95. The van der Waals surface area contributed by atoms with Crippen LogP contribution in [0.1, 0.15) is 55.9 Å². The van der Waals surface area contributed by atoms with Gasteiger partial charge in [-0.2, -0.15) is 0 Å². The van der Waals surface area contributed by atoms with Crippen molar-refractivity contribution >= 4 is 23.7 Å². The van der Waals surface area contributed by atoms with Gasteiger partial charge in [0.25, 0.3) is 5.91 Å². The summed E-state index contributed by atoms with van der Waals surface area (Å²) >= 11 is 0. The van der Waals surface area contributed by atoms with E-state index in [1.54, 1.807) is 19.9 Å². The molecule has 0 unspecified atom stereocenters. The van der Waals surface area contributed by atoms with Crippen molar-refractivity contribution < 1.29 is 23.9 Å². The van der Waals surface area contributed by atoms with Crippen molar-refractivity contribution in [1.82, 2.24) is 14.8 Å². The van der Waals surface area contributed by atoms with Crippen molar-refractivity contribution in [3.8, 4) is 0 Å². The minimum absolute atomic E-state index is 0.310. The molecule has 2 rings (SSSR count). The number of hydrogen-bond acceptors (Lipinski definition) is 5. The molecule has 1 aliphatic heterocycles. The lowest BCUT2D eigenvalue weighted by molar-refractivity contribution is -0.146. The van der Waals surface area contributed by atoms with Crippen molar-refractivity contribution in [2.24, 2.45) is 5.92 Å². The third-order valence-corrected chi connectivity index (χ3v) is 4.90. The van der Waals surface area contributed by atoms with Crippen LogP contribution in [0.5, 0.6) is 0 Å². The van der Waals surface area contributed by atoms with E-state index in [0.717, 1.165) is 29.3 Å². The summed E-state index contributed by atoms with van der Waals surface area (Å²) in [6.07, 6.45) is 1.00. The van der Waals surface area contributed by atoms with Gasteiger partial charge in [-0.25, -0.2) is 4.79 Å². The molecule has 0 aliphatic carbocycles. The number of carbonyl (C=O) groups excluding carboxylic acids is 4. The fourth-order valence-corrected chi connectivity index (χ4v) is 3.17. The fourth-order valence-electron chi connectivity index (χ4n) is 3.17. The topological polar surface area (TPSA) is 97.7 Å². The first-order valence-electron chi connectivity index (χ1n) is 9.43. The smallest absolute Gasteiger partial charge is 0.326 e. The highest BCUT2D eigenvalue weighted by Crippen LogP contribution is 2.18. The Hall–Kier alpha value is -2.64. The monoisotopic (exact) mass is 391 g/mol. The molecule has 0 spiro atoms. The van der Waals surface area contributed by atoms with Crippen molar-refractivity contribution in [1.29, 1.82) is 0 Å². The van der Waals surface area contributed by atoms with Gasteiger partial charge < -0.3 is 14.6 Å². The summed E-state index contributed by atoms with van der Waals surface area (Å²) in [5.41, 5.74) is 1.29. The van der Waals surface area contributed by atoms with Gasteiger partial charge >= 0.3 is 12.0 Å². The minimum Gasteiger partial charge on any atom is -0.456 e. The quantitative estimate of drug-likeness (QED) is 0.416. The predicted octanol–water partition coefficient (Wildman–Crippen LogP) is 2.21. The maximum Gasteiger partial charge on any atom is 0.326 e. The average Bonchev–Trinajstić information content (AvgIpc) is 2.98. The maximum atomic E-state index is 12.5. The van der Waals surface area contributed by atoms with E-state index in [9.17, 15) is 19.2 Å². The van der Waals surface area contributed by atoms with Gasteiger partial charge in [0, 0.05) is 23.5 Å². The Kier molecular flexibility index (Phi) is 6.31. The molecular formula is C20H29N3O5. The molecule has 3 amide bonds. The lowest BCUT2D eigenvalue weighted by Gasteiger charge is -2.15. The summed E-state index contributed by atoms with van der Waals surface area (Å²) < 4.78 is 7.10. The Labute approximate surface area is 165 Å². The third-order valence-electron chi connectivity index (χ3n) is 4.90. The van der Waals surface area contributed by atoms with E-state index >= 15 is 0 Å². The van der Waals surface area contributed by atoms with E-state index in [1.807, 2.05) is 13.8 Å². The molecule has 1 fully saturated rings. The van der Waals surface area contributed by atoms with Crippen LogP contribution in [0.25, 0.3) is 0 Å². The van der Waals surface area contributed by atoms with Crippen molar-refractivity contribution in [2.75, 3.05) is 13.2 Å². The number of rotatable bonds is 8. The fraction of sp³-hybridized carbons (Fsp3) is 0.600. The van der Waals surface area contributed by atoms with Crippen LogP contribution in [0.2, 0.25) is 0 Å². The van der Waals surface area contributed by atoms with Crippen LogP contribution in [0.15, 0.2) is 6.07 Å². The van der Waals surface area contributed by atoms with Gasteiger partial charge in [0.05, 0.1) is 0 Å². The number of Topliss-reactive ketones (excluding diaryl/α,β-unsaturated/α-hetero) is 1. The summed E-state index contributed by atoms with van der Waals surface area (Å²) in [6.45, 7) is 11.1. The van der Waals surface area contributed by atoms with Crippen LogP contribution in [-0.4, -0.2) is 51.8 Å². The molecule has 1 N–H and O–H groups in total. The number of nitrogens with zero attached hydrogens (tertiary/aromatic N) is 2. The second-order valence-electron chi connectivity index (χ2n) is 8.15. The van der Waals surface area contributed by atoms with E-state index in [-0.39, 0.29) is 5.78 Å². The number of hydrogen-bond donors (Lipinski definition) is 1. The van der Waals surface area contributed by atoms with Gasteiger partial charge in [-0.3, -0.25) is 19.3 Å². The molecule has 28 heavy (non-hydrogen) atoms. The highest BCUT2D eigenvalue weighted by Gasteiger charge is 2.45. The molecule has 2 heterocycles. The summed E-state index contributed by atoms with van der Waals surface area (Å²) in [5.74, 6) is -1.07. The predicted molar refractivity (Wildman–Crippen MR) is 103 cm³/mol. The number of aryl methyl sites for hydroxylation is 1. The van der Waals surface area contributed by atoms with Gasteiger partial charge in [-0.05, 0) is 46.1 Å². The van der Waals surface area contributed by atoms with Crippen molar-refractivity contribution in [3.05, 3.63) is 23.0 Å².